The van der Waals surface area contributed by atoms with Gasteiger partial charge in [0.1, 0.15) is 5.69 Å². The van der Waals surface area contributed by atoms with E-state index in [1.807, 2.05) is 30.3 Å². The van der Waals surface area contributed by atoms with Crippen molar-refractivity contribution in [2.75, 3.05) is 6.61 Å². The standard InChI is InChI=1S/C20H24N2O3/c1-13-6-5-9-16(14(13)2)22-19(23)12-25-20(24)18-11-10-15-7-3-4-8-17(15)21-18/h3-4,7-8,10-11,13-14,16H,5-6,9,12H2,1-2H3,(H,22,23)/t13-,14+,16+/m1/s1. The Balaban J connectivity index is 1.55. The van der Waals surface area contributed by atoms with Crippen LogP contribution in [0, 0.1) is 11.8 Å². The van der Waals surface area contributed by atoms with E-state index in [1.165, 1.54) is 6.42 Å². The van der Waals surface area contributed by atoms with Crippen LogP contribution in [0.4, 0.5) is 0 Å². The lowest BCUT2D eigenvalue weighted by atomic mass is 9.78. The van der Waals surface area contributed by atoms with Gasteiger partial charge >= 0.3 is 5.97 Å². The molecular weight excluding hydrogens is 316 g/mol. The van der Waals surface area contributed by atoms with Crippen molar-refractivity contribution in [3.63, 3.8) is 0 Å². The zero-order valence-electron chi connectivity index (χ0n) is 14.7. The minimum absolute atomic E-state index is 0.161. The number of rotatable bonds is 4. The molecular formula is C20H24N2O3. The van der Waals surface area contributed by atoms with Crippen LogP contribution in [0.1, 0.15) is 43.6 Å². The van der Waals surface area contributed by atoms with E-state index >= 15 is 0 Å². The van der Waals surface area contributed by atoms with Crippen molar-refractivity contribution in [1.29, 1.82) is 0 Å². The summed E-state index contributed by atoms with van der Waals surface area (Å²) in [6.45, 7) is 4.11. The lowest BCUT2D eigenvalue weighted by Gasteiger charge is -2.34. The number of ether oxygens (including phenoxy) is 1. The molecule has 2 aromatic rings. The topological polar surface area (TPSA) is 68.3 Å². The third kappa shape index (κ3) is 4.16. The Morgan fingerprint density at radius 2 is 1.96 bits per heavy atom. The molecule has 1 fully saturated rings. The first-order chi connectivity index (χ1) is 12.0. The van der Waals surface area contributed by atoms with E-state index in [0.29, 0.717) is 11.8 Å². The summed E-state index contributed by atoms with van der Waals surface area (Å²) in [6.07, 6.45) is 3.31. The van der Waals surface area contributed by atoms with Gasteiger partial charge in [-0.2, -0.15) is 0 Å². The molecule has 0 spiro atoms. The third-order valence-corrected chi connectivity index (χ3v) is 5.20. The van der Waals surface area contributed by atoms with Gasteiger partial charge < -0.3 is 10.1 Å². The monoisotopic (exact) mass is 340 g/mol. The summed E-state index contributed by atoms with van der Waals surface area (Å²) < 4.78 is 5.13. The second-order valence-corrected chi connectivity index (χ2v) is 6.91. The van der Waals surface area contributed by atoms with Crippen LogP contribution in [-0.4, -0.2) is 29.5 Å². The van der Waals surface area contributed by atoms with E-state index in [9.17, 15) is 9.59 Å². The number of nitrogens with one attached hydrogen (secondary N) is 1. The molecule has 1 N–H and O–H groups in total. The number of amides is 1. The second-order valence-electron chi connectivity index (χ2n) is 6.91. The number of pyridine rings is 1. The van der Waals surface area contributed by atoms with E-state index in [0.717, 1.165) is 23.7 Å². The summed E-state index contributed by atoms with van der Waals surface area (Å²) in [5.41, 5.74) is 0.942. The molecule has 1 aliphatic carbocycles. The molecule has 5 nitrogen and oxygen atoms in total. The van der Waals surface area contributed by atoms with Crippen molar-refractivity contribution in [3.05, 3.63) is 42.1 Å². The van der Waals surface area contributed by atoms with Crippen LogP contribution in [0.5, 0.6) is 0 Å². The molecule has 0 radical (unpaired) electrons. The van der Waals surface area contributed by atoms with E-state index in [2.05, 4.69) is 24.1 Å². The predicted molar refractivity (Wildman–Crippen MR) is 96.1 cm³/mol. The van der Waals surface area contributed by atoms with E-state index in [4.69, 9.17) is 4.74 Å². The van der Waals surface area contributed by atoms with Crippen molar-refractivity contribution in [1.82, 2.24) is 10.3 Å². The van der Waals surface area contributed by atoms with Gasteiger partial charge in [-0.15, -0.1) is 0 Å². The van der Waals surface area contributed by atoms with Gasteiger partial charge in [0.2, 0.25) is 0 Å². The van der Waals surface area contributed by atoms with Crippen molar-refractivity contribution < 1.29 is 14.3 Å². The maximum Gasteiger partial charge on any atom is 0.357 e. The third-order valence-electron chi connectivity index (χ3n) is 5.20. The van der Waals surface area contributed by atoms with Crippen LogP contribution in [0.15, 0.2) is 36.4 Å². The maximum atomic E-state index is 12.1. The molecule has 0 bridgehead atoms. The Labute approximate surface area is 147 Å². The number of carbonyl (C=O) groups excluding carboxylic acids is 2. The summed E-state index contributed by atoms with van der Waals surface area (Å²) in [5.74, 6) is 0.213. The zero-order chi connectivity index (χ0) is 17.8. The Morgan fingerprint density at radius 3 is 2.80 bits per heavy atom. The number of nitrogens with zero attached hydrogens (tertiary/aromatic N) is 1. The number of para-hydroxylation sites is 1. The molecule has 1 saturated carbocycles. The molecule has 3 rings (SSSR count). The molecule has 0 saturated heterocycles. The smallest absolute Gasteiger partial charge is 0.357 e. The van der Waals surface area contributed by atoms with Crippen LogP contribution >= 0.6 is 0 Å². The van der Waals surface area contributed by atoms with Crippen LogP contribution in [-0.2, 0) is 9.53 Å². The van der Waals surface area contributed by atoms with Gasteiger partial charge in [0, 0.05) is 11.4 Å². The van der Waals surface area contributed by atoms with Crippen molar-refractivity contribution >= 4 is 22.8 Å². The summed E-state index contributed by atoms with van der Waals surface area (Å²) in [4.78, 5) is 28.5. The molecule has 1 aromatic carbocycles. The average Bonchev–Trinajstić information content (AvgIpc) is 2.63. The van der Waals surface area contributed by atoms with Crippen LogP contribution in [0.2, 0.25) is 0 Å². The number of hydrogen-bond acceptors (Lipinski definition) is 4. The highest BCUT2D eigenvalue weighted by molar-refractivity contribution is 5.92. The van der Waals surface area contributed by atoms with Crippen molar-refractivity contribution in [3.8, 4) is 0 Å². The maximum absolute atomic E-state index is 12.1. The number of hydrogen-bond donors (Lipinski definition) is 1. The quantitative estimate of drug-likeness (QED) is 0.867. The van der Waals surface area contributed by atoms with Gasteiger partial charge in [0.25, 0.3) is 5.91 Å². The van der Waals surface area contributed by atoms with Crippen LogP contribution in [0.3, 0.4) is 0 Å². The fourth-order valence-corrected chi connectivity index (χ4v) is 3.42. The molecule has 0 unspecified atom stereocenters. The predicted octanol–water partition coefficient (Wildman–Crippen LogP) is 3.33. The molecule has 1 aromatic heterocycles. The summed E-state index contributed by atoms with van der Waals surface area (Å²) >= 11 is 0. The Kier molecular flexibility index (Phi) is 5.31. The fraction of sp³-hybridized carbons (Fsp3) is 0.450. The van der Waals surface area contributed by atoms with E-state index < -0.39 is 5.97 Å². The minimum atomic E-state index is -0.578. The second kappa shape index (κ2) is 7.64. The zero-order valence-corrected chi connectivity index (χ0v) is 14.7. The first-order valence-corrected chi connectivity index (χ1v) is 8.87. The molecule has 1 heterocycles. The van der Waals surface area contributed by atoms with Gasteiger partial charge in [-0.3, -0.25) is 4.79 Å². The molecule has 25 heavy (non-hydrogen) atoms. The van der Waals surface area contributed by atoms with Gasteiger partial charge in [-0.05, 0) is 30.4 Å². The first kappa shape index (κ1) is 17.4. The number of esters is 1. The molecule has 1 aliphatic rings. The molecule has 3 atom stereocenters. The molecule has 132 valence electrons. The van der Waals surface area contributed by atoms with Gasteiger partial charge in [-0.25, -0.2) is 9.78 Å². The van der Waals surface area contributed by atoms with E-state index in [1.54, 1.807) is 6.07 Å². The molecule has 0 aliphatic heterocycles. The number of benzene rings is 1. The average molecular weight is 340 g/mol. The van der Waals surface area contributed by atoms with E-state index in [-0.39, 0.29) is 24.2 Å². The largest absolute Gasteiger partial charge is 0.451 e. The molecule has 5 heteroatoms. The van der Waals surface area contributed by atoms with Crippen molar-refractivity contribution in [2.45, 2.75) is 39.2 Å². The lowest BCUT2D eigenvalue weighted by molar-refractivity contribution is -0.125. The first-order valence-electron chi connectivity index (χ1n) is 8.87. The van der Waals surface area contributed by atoms with Gasteiger partial charge in [0.05, 0.1) is 5.52 Å². The Hall–Kier alpha value is -2.43. The normalized spacial score (nSPS) is 23.2. The lowest BCUT2D eigenvalue weighted by Crippen LogP contribution is -2.45. The summed E-state index contributed by atoms with van der Waals surface area (Å²) in [5, 5.41) is 3.95. The Bertz CT molecular complexity index is 774. The minimum Gasteiger partial charge on any atom is -0.451 e. The van der Waals surface area contributed by atoms with Gasteiger partial charge in [0.15, 0.2) is 6.61 Å². The summed E-state index contributed by atoms with van der Waals surface area (Å²) in [7, 11) is 0. The number of aromatic nitrogens is 1. The van der Waals surface area contributed by atoms with Crippen LogP contribution in [0.25, 0.3) is 10.9 Å². The number of fused-ring (bicyclic) bond motifs is 1. The highest BCUT2D eigenvalue weighted by atomic mass is 16.5. The highest BCUT2D eigenvalue weighted by Gasteiger charge is 2.28. The number of carbonyl (C=O) groups is 2. The Morgan fingerprint density at radius 1 is 1.16 bits per heavy atom. The SMILES string of the molecule is C[C@H]1[C@H](C)CCC[C@@H]1NC(=O)COC(=O)c1ccc2ccccc2n1. The highest BCUT2D eigenvalue weighted by Crippen LogP contribution is 2.29. The summed E-state index contributed by atoms with van der Waals surface area (Å²) in [6, 6.07) is 11.1. The van der Waals surface area contributed by atoms with Gasteiger partial charge in [-0.1, -0.05) is 51.0 Å². The van der Waals surface area contributed by atoms with Crippen LogP contribution < -0.4 is 5.32 Å². The van der Waals surface area contributed by atoms with Crippen molar-refractivity contribution in [2.24, 2.45) is 11.8 Å². The fourth-order valence-electron chi connectivity index (χ4n) is 3.42. The molecule has 1 amide bonds.